The van der Waals surface area contributed by atoms with Crippen LogP contribution in [0.3, 0.4) is 0 Å². The van der Waals surface area contributed by atoms with Crippen LogP contribution in [0.15, 0.2) is 34.2 Å². The molecule has 3 nitrogen and oxygen atoms in total. The maximum Gasteiger partial charge on any atom is 0.278 e. The van der Waals surface area contributed by atoms with Crippen LogP contribution >= 0.6 is 11.8 Å². The minimum atomic E-state index is -0.209. The van der Waals surface area contributed by atoms with Crippen LogP contribution in [0, 0.1) is 0 Å². The fourth-order valence-corrected chi connectivity index (χ4v) is 1.46. The molecule has 0 saturated heterocycles. The number of benzene rings is 1. The van der Waals surface area contributed by atoms with E-state index in [0.717, 1.165) is 4.90 Å². The molecular weight excluding hydrogens is 208 g/mol. The third kappa shape index (κ3) is 3.75. The van der Waals surface area contributed by atoms with E-state index in [1.165, 1.54) is 6.34 Å². The van der Waals surface area contributed by atoms with Crippen LogP contribution in [-0.2, 0) is 0 Å². The maximum atomic E-state index is 11.6. The molecule has 1 rings (SSSR count). The van der Waals surface area contributed by atoms with Crippen LogP contribution in [0.2, 0.25) is 0 Å². The van der Waals surface area contributed by atoms with Gasteiger partial charge < -0.3 is 4.90 Å². The number of thioether (sulfide) groups is 1. The Kier molecular flexibility index (Phi) is 4.37. The fourth-order valence-electron chi connectivity index (χ4n) is 0.999. The van der Waals surface area contributed by atoms with Gasteiger partial charge in [-0.1, -0.05) is 6.07 Å². The number of amides is 1. The molecule has 80 valence electrons. The highest BCUT2D eigenvalue weighted by atomic mass is 32.2. The van der Waals surface area contributed by atoms with E-state index in [0.29, 0.717) is 5.56 Å². The van der Waals surface area contributed by atoms with Gasteiger partial charge in [-0.05, 0) is 24.5 Å². The predicted octanol–water partition coefficient (Wildman–Crippen LogP) is 2.14. The lowest BCUT2D eigenvalue weighted by Gasteiger charge is -2.02. The van der Waals surface area contributed by atoms with E-state index in [1.807, 2.05) is 38.6 Å². The fraction of sp³-hybridized carbons (Fsp3) is 0.273. The molecule has 1 aromatic carbocycles. The van der Waals surface area contributed by atoms with Crippen molar-refractivity contribution in [2.45, 2.75) is 4.90 Å². The second kappa shape index (κ2) is 5.56. The second-order valence-electron chi connectivity index (χ2n) is 3.25. The largest absolute Gasteiger partial charge is 0.369 e. The molecule has 0 aromatic heterocycles. The van der Waals surface area contributed by atoms with Crippen molar-refractivity contribution in [2.75, 3.05) is 20.4 Å². The number of rotatable bonds is 3. The van der Waals surface area contributed by atoms with Gasteiger partial charge in [0.05, 0.1) is 6.34 Å². The average molecular weight is 222 g/mol. The molecule has 4 heteroatoms. The lowest BCUT2D eigenvalue weighted by Crippen LogP contribution is -2.09. The zero-order valence-electron chi connectivity index (χ0n) is 9.10. The van der Waals surface area contributed by atoms with E-state index in [1.54, 1.807) is 22.7 Å². The van der Waals surface area contributed by atoms with Crippen LogP contribution in [0.5, 0.6) is 0 Å². The number of hydrogen-bond acceptors (Lipinski definition) is 2. The third-order valence-corrected chi connectivity index (χ3v) is 2.45. The van der Waals surface area contributed by atoms with Gasteiger partial charge in [-0.3, -0.25) is 4.79 Å². The van der Waals surface area contributed by atoms with Gasteiger partial charge in [0.25, 0.3) is 5.91 Å². The Labute approximate surface area is 94.2 Å². The summed E-state index contributed by atoms with van der Waals surface area (Å²) in [5, 5.41) is 0. The Bertz CT molecular complexity index is 375. The van der Waals surface area contributed by atoms with Gasteiger partial charge in [0.1, 0.15) is 0 Å². The zero-order valence-corrected chi connectivity index (χ0v) is 9.91. The molecule has 15 heavy (non-hydrogen) atoms. The van der Waals surface area contributed by atoms with Crippen molar-refractivity contribution in [3.05, 3.63) is 29.8 Å². The maximum absolute atomic E-state index is 11.6. The summed E-state index contributed by atoms with van der Waals surface area (Å²) in [6.45, 7) is 0. The first-order chi connectivity index (χ1) is 7.13. The molecule has 0 aliphatic rings. The van der Waals surface area contributed by atoms with Gasteiger partial charge in [0.15, 0.2) is 0 Å². The quantitative estimate of drug-likeness (QED) is 0.446. The normalized spacial score (nSPS) is 10.6. The first kappa shape index (κ1) is 11.8. The SMILES string of the molecule is CSc1cccc(C(=O)N=CN(C)C)c1. The molecule has 0 unspecified atom stereocenters. The van der Waals surface area contributed by atoms with E-state index >= 15 is 0 Å². The summed E-state index contributed by atoms with van der Waals surface area (Å²) >= 11 is 1.61. The standard InChI is InChI=1S/C11H14N2OS/c1-13(2)8-12-11(14)9-5-4-6-10(7-9)15-3/h4-8H,1-3H3. The lowest BCUT2D eigenvalue weighted by molar-refractivity contribution is 0.100. The van der Waals surface area contributed by atoms with Crippen molar-refractivity contribution in [1.29, 1.82) is 0 Å². The molecule has 0 radical (unpaired) electrons. The molecule has 0 spiro atoms. The number of carbonyl (C=O) groups excluding carboxylic acids is 1. The van der Waals surface area contributed by atoms with Crippen LogP contribution < -0.4 is 0 Å². The Morgan fingerprint density at radius 1 is 1.47 bits per heavy atom. The van der Waals surface area contributed by atoms with Gasteiger partial charge in [0, 0.05) is 24.6 Å². The summed E-state index contributed by atoms with van der Waals surface area (Å²) in [5.74, 6) is -0.209. The molecule has 0 bridgehead atoms. The third-order valence-electron chi connectivity index (χ3n) is 1.72. The van der Waals surface area contributed by atoms with Gasteiger partial charge in [-0.15, -0.1) is 11.8 Å². The Balaban J connectivity index is 2.82. The van der Waals surface area contributed by atoms with Gasteiger partial charge in [-0.2, -0.15) is 4.99 Å². The Morgan fingerprint density at radius 3 is 2.80 bits per heavy atom. The molecule has 0 aliphatic carbocycles. The summed E-state index contributed by atoms with van der Waals surface area (Å²) in [6, 6.07) is 7.45. The van der Waals surface area contributed by atoms with Crippen molar-refractivity contribution in [3.63, 3.8) is 0 Å². The number of hydrogen-bond donors (Lipinski definition) is 0. The highest BCUT2D eigenvalue weighted by Crippen LogP contribution is 2.16. The molecule has 0 saturated carbocycles. The molecule has 0 aliphatic heterocycles. The van der Waals surface area contributed by atoms with Gasteiger partial charge in [-0.25, -0.2) is 0 Å². The second-order valence-corrected chi connectivity index (χ2v) is 4.12. The monoisotopic (exact) mass is 222 g/mol. The smallest absolute Gasteiger partial charge is 0.278 e. The topological polar surface area (TPSA) is 32.7 Å². The van der Waals surface area contributed by atoms with Crippen LogP contribution in [-0.4, -0.2) is 37.5 Å². The number of carbonyl (C=O) groups is 1. The van der Waals surface area contributed by atoms with Crippen molar-refractivity contribution >= 4 is 24.0 Å². The van der Waals surface area contributed by atoms with Crippen LogP contribution in [0.25, 0.3) is 0 Å². The highest BCUT2D eigenvalue weighted by molar-refractivity contribution is 7.98. The molecule has 0 heterocycles. The minimum Gasteiger partial charge on any atom is -0.369 e. The first-order valence-corrected chi connectivity index (χ1v) is 5.75. The van der Waals surface area contributed by atoms with Crippen molar-refractivity contribution < 1.29 is 4.79 Å². The van der Waals surface area contributed by atoms with E-state index in [4.69, 9.17) is 0 Å². The van der Waals surface area contributed by atoms with Crippen molar-refractivity contribution in [3.8, 4) is 0 Å². The molecular formula is C11H14N2OS. The van der Waals surface area contributed by atoms with E-state index in [-0.39, 0.29) is 5.91 Å². The first-order valence-electron chi connectivity index (χ1n) is 4.52. The molecule has 0 fully saturated rings. The van der Waals surface area contributed by atoms with Crippen LogP contribution in [0.4, 0.5) is 0 Å². The lowest BCUT2D eigenvalue weighted by atomic mass is 10.2. The molecule has 1 amide bonds. The van der Waals surface area contributed by atoms with E-state index < -0.39 is 0 Å². The summed E-state index contributed by atoms with van der Waals surface area (Å²) in [4.78, 5) is 18.2. The molecule has 0 N–H and O–H groups in total. The molecule has 0 atom stereocenters. The van der Waals surface area contributed by atoms with E-state index in [9.17, 15) is 4.79 Å². The van der Waals surface area contributed by atoms with Crippen molar-refractivity contribution in [1.82, 2.24) is 4.90 Å². The molecule has 1 aromatic rings. The Morgan fingerprint density at radius 2 is 2.20 bits per heavy atom. The minimum absolute atomic E-state index is 0.209. The van der Waals surface area contributed by atoms with Gasteiger partial charge >= 0.3 is 0 Å². The predicted molar refractivity (Wildman–Crippen MR) is 64.7 cm³/mol. The van der Waals surface area contributed by atoms with Crippen LogP contribution in [0.1, 0.15) is 10.4 Å². The Hall–Kier alpha value is -1.29. The average Bonchev–Trinajstić information content (AvgIpc) is 2.26. The summed E-state index contributed by atoms with van der Waals surface area (Å²) in [6.07, 6.45) is 3.49. The summed E-state index contributed by atoms with van der Waals surface area (Å²) in [5.41, 5.74) is 0.625. The number of nitrogens with zero attached hydrogens (tertiary/aromatic N) is 2. The summed E-state index contributed by atoms with van der Waals surface area (Å²) < 4.78 is 0. The zero-order chi connectivity index (χ0) is 11.3. The highest BCUT2D eigenvalue weighted by Gasteiger charge is 2.03. The van der Waals surface area contributed by atoms with Gasteiger partial charge in [0.2, 0.25) is 0 Å². The van der Waals surface area contributed by atoms with Crippen molar-refractivity contribution in [2.24, 2.45) is 4.99 Å². The summed E-state index contributed by atoms with van der Waals surface area (Å²) in [7, 11) is 3.66. The van der Waals surface area contributed by atoms with E-state index in [2.05, 4.69) is 4.99 Å². The number of aliphatic imine (C=N–C) groups is 1.